The topological polar surface area (TPSA) is 98.1 Å². The van der Waals surface area contributed by atoms with Gasteiger partial charge in [-0.05, 0) is 44.9 Å². The fourth-order valence-electron chi connectivity index (χ4n) is 2.12. The maximum absolute atomic E-state index is 11.9. The number of carbonyl (C=O) groups excluding carboxylic acids is 2. The van der Waals surface area contributed by atoms with Crippen molar-refractivity contribution in [3.8, 4) is 6.07 Å². The molecule has 0 aliphatic heterocycles. The molecule has 0 bridgehead atoms. The Kier molecular flexibility index (Phi) is 5.93. The highest BCUT2D eigenvalue weighted by atomic mass is 16.5. The first-order valence-corrected chi connectivity index (χ1v) is 7.10. The predicted molar refractivity (Wildman–Crippen MR) is 82.5 cm³/mol. The number of aromatic nitrogens is 1. The zero-order chi connectivity index (χ0) is 16.9. The van der Waals surface area contributed by atoms with Gasteiger partial charge in [0.1, 0.15) is 11.6 Å². The zero-order valence-corrected chi connectivity index (χ0v) is 13.3. The molecule has 118 valence electrons. The summed E-state index contributed by atoms with van der Waals surface area (Å²) in [6.45, 7) is 8.22. The summed E-state index contributed by atoms with van der Waals surface area (Å²) in [5.41, 5.74) is 7.69. The average molecular weight is 303 g/mol. The molecule has 0 unspecified atom stereocenters. The van der Waals surface area contributed by atoms with Crippen LogP contribution in [-0.2, 0) is 20.9 Å². The molecule has 0 aromatic carbocycles. The van der Waals surface area contributed by atoms with Crippen LogP contribution in [-0.4, -0.2) is 22.5 Å². The van der Waals surface area contributed by atoms with Gasteiger partial charge in [0.2, 0.25) is 0 Å². The molecule has 0 fully saturated rings. The molecule has 22 heavy (non-hydrogen) atoms. The van der Waals surface area contributed by atoms with Crippen LogP contribution in [0.25, 0.3) is 6.08 Å². The SMILES string of the molecule is CCCn1c(C)cc(/C=C(\C#N)C(=O)O[C@@H](C)C(N)=O)c1C. The maximum atomic E-state index is 11.9. The molecule has 0 saturated carbocycles. The number of carbonyl (C=O) groups is 2. The van der Waals surface area contributed by atoms with Crippen LogP contribution < -0.4 is 5.73 Å². The average Bonchev–Trinajstić information content (AvgIpc) is 2.72. The van der Waals surface area contributed by atoms with E-state index in [2.05, 4.69) is 11.5 Å². The number of nitriles is 1. The van der Waals surface area contributed by atoms with E-state index in [1.807, 2.05) is 26.0 Å². The van der Waals surface area contributed by atoms with E-state index in [1.54, 1.807) is 0 Å². The molecular weight excluding hydrogens is 282 g/mol. The second kappa shape index (κ2) is 7.46. The van der Waals surface area contributed by atoms with E-state index >= 15 is 0 Å². The summed E-state index contributed by atoms with van der Waals surface area (Å²) in [4.78, 5) is 22.8. The Morgan fingerprint density at radius 3 is 2.64 bits per heavy atom. The van der Waals surface area contributed by atoms with E-state index in [4.69, 9.17) is 15.7 Å². The molecule has 2 N–H and O–H groups in total. The molecular formula is C16H21N3O3. The predicted octanol–water partition coefficient (Wildman–Crippen LogP) is 1.84. The molecule has 1 rings (SSSR count). The van der Waals surface area contributed by atoms with Crippen LogP contribution in [0.1, 0.15) is 37.2 Å². The minimum Gasteiger partial charge on any atom is -0.448 e. The second-order valence-electron chi connectivity index (χ2n) is 5.10. The summed E-state index contributed by atoms with van der Waals surface area (Å²) < 4.78 is 6.97. The molecule has 1 heterocycles. The van der Waals surface area contributed by atoms with Gasteiger partial charge in [-0.1, -0.05) is 6.92 Å². The van der Waals surface area contributed by atoms with Crippen LogP contribution in [0.5, 0.6) is 0 Å². The Morgan fingerprint density at radius 2 is 2.14 bits per heavy atom. The number of hydrogen-bond acceptors (Lipinski definition) is 4. The molecule has 1 aromatic rings. The number of primary amides is 1. The fourth-order valence-corrected chi connectivity index (χ4v) is 2.12. The molecule has 0 saturated heterocycles. The van der Waals surface area contributed by atoms with E-state index < -0.39 is 18.0 Å². The summed E-state index contributed by atoms with van der Waals surface area (Å²) in [6, 6.07) is 3.72. The largest absolute Gasteiger partial charge is 0.448 e. The van der Waals surface area contributed by atoms with Crippen molar-refractivity contribution in [2.24, 2.45) is 5.73 Å². The highest BCUT2D eigenvalue weighted by Crippen LogP contribution is 2.19. The van der Waals surface area contributed by atoms with E-state index in [1.165, 1.54) is 13.0 Å². The molecule has 1 aromatic heterocycles. The smallest absolute Gasteiger partial charge is 0.349 e. The second-order valence-corrected chi connectivity index (χ2v) is 5.10. The first kappa shape index (κ1) is 17.5. The highest BCUT2D eigenvalue weighted by molar-refractivity contribution is 5.99. The molecule has 0 aliphatic rings. The highest BCUT2D eigenvalue weighted by Gasteiger charge is 2.19. The number of aryl methyl sites for hydroxylation is 1. The van der Waals surface area contributed by atoms with Crippen molar-refractivity contribution in [2.75, 3.05) is 0 Å². The van der Waals surface area contributed by atoms with Gasteiger partial charge < -0.3 is 15.0 Å². The minimum atomic E-state index is -1.07. The third-order valence-electron chi connectivity index (χ3n) is 3.38. The third-order valence-corrected chi connectivity index (χ3v) is 3.38. The van der Waals surface area contributed by atoms with Crippen LogP contribution in [0.4, 0.5) is 0 Å². The first-order chi connectivity index (χ1) is 10.3. The summed E-state index contributed by atoms with van der Waals surface area (Å²) in [7, 11) is 0. The minimum absolute atomic E-state index is 0.162. The van der Waals surface area contributed by atoms with Gasteiger partial charge in [0.25, 0.3) is 5.91 Å². The van der Waals surface area contributed by atoms with Gasteiger partial charge in [0.05, 0.1) is 0 Å². The van der Waals surface area contributed by atoms with Gasteiger partial charge in [-0.2, -0.15) is 5.26 Å². The summed E-state index contributed by atoms with van der Waals surface area (Å²) in [5.74, 6) is -1.61. The number of nitrogens with two attached hydrogens (primary N) is 1. The van der Waals surface area contributed by atoms with E-state index in [0.717, 1.165) is 29.9 Å². The Balaban J connectivity index is 3.08. The Bertz CT molecular complexity index is 650. The van der Waals surface area contributed by atoms with Crippen molar-refractivity contribution in [3.63, 3.8) is 0 Å². The maximum Gasteiger partial charge on any atom is 0.349 e. The van der Waals surface area contributed by atoms with Crippen molar-refractivity contribution in [1.82, 2.24) is 4.57 Å². The van der Waals surface area contributed by atoms with Crippen LogP contribution in [0, 0.1) is 25.2 Å². The number of amides is 1. The fraction of sp³-hybridized carbons (Fsp3) is 0.438. The summed E-state index contributed by atoms with van der Waals surface area (Å²) >= 11 is 0. The molecule has 0 aliphatic carbocycles. The Labute approximate surface area is 130 Å². The van der Waals surface area contributed by atoms with Gasteiger partial charge in [-0.25, -0.2) is 4.79 Å². The molecule has 1 atom stereocenters. The number of rotatable bonds is 6. The van der Waals surface area contributed by atoms with Gasteiger partial charge in [0, 0.05) is 17.9 Å². The van der Waals surface area contributed by atoms with Crippen molar-refractivity contribution in [1.29, 1.82) is 5.26 Å². The lowest BCUT2D eigenvalue weighted by Gasteiger charge is -2.09. The van der Waals surface area contributed by atoms with Gasteiger partial charge in [0.15, 0.2) is 6.10 Å². The van der Waals surface area contributed by atoms with Crippen LogP contribution in [0.15, 0.2) is 11.6 Å². The van der Waals surface area contributed by atoms with Crippen molar-refractivity contribution in [3.05, 3.63) is 28.6 Å². The quantitative estimate of drug-likeness (QED) is 0.492. The standard InChI is InChI=1S/C16H21N3O3/c1-5-6-19-10(2)7-13(11(19)3)8-14(9-17)16(21)22-12(4)15(18)20/h7-8,12H,5-6H2,1-4H3,(H2,18,20)/b14-8+/t12-/m0/s1. The molecule has 0 radical (unpaired) electrons. The lowest BCUT2D eigenvalue weighted by Crippen LogP contribution is -2.30. The van der Waals surface area contributed by atoms with Crippen LogP contribution in [0.2, 0.25) is 0 Å². The van der Waals surface area contributed by atoms with Gasteiger partial charge >= 0.3 is 5.97 Å². The van der Waals surface area contributed by atoms with Crippen molar-refractivity contribution >= 4 is 18.0 Å². The van der Waals surface area contributed by atoms with Crippen molar-refractivity contribution < 1.29 is 14.3 Å². The third kappa shape index (κ3) is 3.98. The number of nitrogens with zero attached hydrogens (tertiary/aromatic N) is 2. The summed E-state index contributed by atoms with van der Waals surface area (Å²) in [5, 5.41) is 9.14. The van der Waals surface area contributed by atoms with E-state index in [-0.39, 0.29) is 5.57 Å². The van der Waals surface area contributed by atoms with E-state index in [0.29, 0.717) is 0 Å². The molecule has 1 amide bonds. The van der Waals surface area contributed by atoms with E-state index in [9.17, 15) is 9.59 Å². The Hall–Kier alpha value is -2.55. The number of esters is 1. The molecule has 6 nitrogen and oxygen atoms in total. The van der Waals surface area contributed by atoms with Gasteiger partial charge in [-0.15, -0.1) is 0 Å². The molecule has 6 heteroatoms. The van der Waals surface area contributed by atoms with Crippen LogP contribution in [0.3, 0.4) is 0 Å². The number of hydrogen-bond donors (Lipinski definition) is 1. The zero-order valence-electron chi connectivity index (χ0n) is 13.3. The monoisotopic (exact) mass is 303 g/mol. The lowest BCUT2D eigenvalue weighted by molar-refractivity contribution is -0.149. The number of ether oxygens (including phenoxy) is 1. The molecule has 0 spiro atoms. The Morgan fingerprint density at radius 1 is 1.50 bits per heavy atom. The van der Waals surface area contributed by atoms with Crippen molar-refractivity contribution in [2.45, 2.75) is 46.8 Å². The summed E-state index contributed by atoms with van der Waals surface area (Å²) in [6.07, 6.45) is 1.39. The van der Waals surface area contributed by atoms with Gasteiger partial charge in [-0.3, -0.25) is 4.79 Å². The first-order valence-electron chi connectivity index (χ1n) is 7.10. The van der Waals surface area contributed by atoms with Crippen LogP contribution >= 0.6 is 0 Å². The normalized spacial score (nSPS) is 12.6. The lowest BCUT2D eigenvalue weighted by atomic mass is 10.1.